The van der Waals surface area contributed by atoms with Gasteiger partial charge in [-0.2, -0.15) is 5.10 Å². The topological polar surface area (TPSA) is 55.1 Å². The number of carboxylic acid groups (broad SMARTS) is 1. The van der Waals surface area contributed by atoms with Gasteiger partial charge in [0, 0.05) is 22.3 Å². The predicted octanol–water partition coefficient (Wildman–Crippen LogP) is 3.27. The Morgan fingerprint density at radius 3 is 2.95 bits per heavy atom. The third-order valence-electron chi connectivity index (χ3n) is 3.50. The average molecular weight is 321 g/mol. The molecule has 0 bridgehead atoms. The van der Waals surface area contributed by atoms with Crippen molar-refractivity contribution >= 4 is 21.9 Å². The molecule has 0 amide bonds. The Kier molecular flexibility index (Phi) is 2.93. The molecule has 19 heavy (non-hydrogen) atoms. The van der Waals surface area contributed by atoms with Crippen LogP contribution in [0, 0.1) is 6.92 Å². The lowest BCUT2D eigenvalue weighted by Crippen LogP contribution is -2.02. The van der Waals surface area contributed by atoms with E-state index in [0.717, 1.165) is 46.2 Å². The third kappa shape index (κ3) is 1.98. The van der Waals surface area contributed by atoms with Gasteiger partial charge in [-0.05, 0) is 37.0 Å². The highest BCUT2D eigenvalue weighted by Gasteiger charge is 2.26. The summed E-state index contributed by atoms with van der Waals surface area (Å²) in [5.74, 6) is -0.964. The molecule has 0 radical (unpaired) electrons. The number of nitrogens with zero attached hydrogens (tertiary/aromatic N) is 2. The quantitative estimate of drug-likeness (QED) is 0.924. The van der Waals surface area contributed by atoms with Crippen LogP contribution in [0.4, 0.5) is 0 Å². The first-order valence-electron chi connectivity index (χ1n) is 6.17. The number of fused-ring (bicyclic) bond motifs is 1. The monoisotopic (exact) mass is 320 g/mol. The van der Waals surface area contributed by atoms with Gasteiger partial charge >= 0.3 is 5.97 Å². The van der Waals surface area contributed by atoms with Gasteiger partial charge in [-0.3, -0.25) is 4.68 Å². The molecule has 2 heterocycles. The summed E-state index contributed by atoms with van der Waals surface area (Å²) < 4.78 is 2.81. The van der Waals surface area contributed by atoms with Crippen LogP contribution in [0.25, 0.3) is 11.1 Å². The minimum atomic E-state index is -0.964. The number of carbonyl (C=O) groups is 1. The van der Waals surface area contributed by atoms with E-state index in [2.05, 4.69) is 21.0 Å². The lowest BCUT2D eigenvalue weighted by molar-refractivity contribution is 0.0690. The Bertz CT molecular complexity index is 676. The van der Waals surface area contributed by atoms with Gasteiger partial charge in [0.2, 0.25) is 0 Å². The van der Waals surface area contributed by atoms with Gasteiger partial charge in [0.25, 0.3) is 0 Å². The fraction of sp³-hybridized carbons (Fsp3) is 0.286. The molecule has 5 heteroatoms. The molecule has 1 aliphatic rings. The Morgan fingerprint density at radius 2 is 2.26 bits per heavy atom. The number of carboxylic acids is 1. The molecular formula is C14H13BrN2O2. The van der Waals surface area contributed by atoms with Gasteiger partial charge in [-0.1, -0.05) is 28.1 Å². The van der Waals surface area contributed by atoms with Crippen molar-refractivity contribution < 1.29 is 9.90 Å². The van der Waals surface area contributed by atoms with Crippen molar-refractivity contribution in [1.29, 1.82) is 0 Å². The van der Waals surface area contributed by atoms with E-state index in [1.165, 1.54) is 0 Å². The van der Waals surface area contributed by atoms with E-state index in [-0.39, 0.29) is 5.69 Å². The van der Waals surface area contributed by atoms with Crippen LogP contribution in [0.1, 0.15) is 28.2 Å². The summed E-state index contributed by atoms with van der Waals surface area (Å²) in [7, 11) is 0. The van der Waals surface area contributed by atoms with Crippen molar-refractivity contribution in [2.75, 3.05) is 0 Å². The van der Waals surface area contributed by atoms with Crippen molar-refractivity contribution in [2.24, 2.45) is 0 Å². The van der Waals surface area contributed by atoms with E-state index in [9.17, 15) is 9.90 Å². The second-order valence-electron chi connectivity index (χ2n) is 4.77. The van der Waals surface area contributed by atoms with E-state index >= 15 is 0 Å². The van der Waals surface area contributed by atoms with E-state index in [4.69, 9.17) is 0 Å². The Labute approximate surface area is 119 Å². The zero-order valence-corrected chi connectivity index (χ0v) is 12.1. The maximum absolute atomic E-state index is 11.4. The van der Waals surface area contributed by atoms with Crippen LogP contribution in [0.15, 0.2) is 22.7 Å². The van der Waals surface area contributed by atoms with Crippen molar-refractivity contribution in [3.8, 4) is 11.1 Å². The molecule has 0 fully saturated rings. The summed E-state index contributed by atoms with van der Waals surface area (Å²) in [4.78, 5) is 11.4. The number of halogens is 1. The molecular weight excluding hydrogens is 308 g/mol. The van der Waals surface area contributed by atoms with Crippen LogP contribution < -0.4 is 0 Å². The normalized spacial score (nSPS) is 13.6. The van der Waals surface area contributed by atoms with Crippen LogP contribution in [-0.4, -0.2) is 20.9 Å². The molecule has 0 unspecified atom stereocenters. The molecule has 0 saturated carbocycles. The lowest BCUT2D eigenvalue weighted by Gasteiger charge is -2.05. The number of rotatable bonds is 2. The van der Waals surface area contributed by atoms with Crippen LogP contribution >= 0.6 is 15.9 Å². The number of aryl methyl sites for hydroxylation is 2. The number of hydrogen-bond acceptors (Lipinski definition) is 2. The number of hydrogen-bond donors (Lipinski definition) is 1. The van der Waals surface area contributed by atoms with Gasteiger partial charge in [-0.25, -0.2) is 4.79 Å². The summed E-state index contributed by atoms with van der Waals surface area (Å²) in [6.45, 7) is 2.82. The largest absolute Gasteiger partial charge is 0.476 e. The molecule has 0 spiro atoms. The zero-order chi connectivity index (χ0) is 13.6. The summed E-state index contributed by atoms with van der Waals surface area (Å²) in [5, 5.41) is 13.5. The van der Waals surface area contributed by atoms with Gasteiger partial charge in [0.1, 0.15) is 0 Å². The maximum Gasteiger partial charge on any atom is 0.357 e. The first-order chi connectivity index (χ1) is 9.08. The molecule has 0 saturated heterocycles. The van der Waals surface area contributed by atoms with Crippen molar-refractivity contribution in [3.05, 3.63) is 39.6 Å². The SMILES string of the molecule is Cc1ccc(-c2c(C(=O)O)nn3c2CCC3)cc1Br. The molecule has 3 rings (SSSR count). The van der Waals surface area contributed by atoms with Crippen molar-refractivity contribution in [1.82, 2.24) is 9.78 Å². The highest BCUT2D eigenvalue weighted by Crippen LogP contribution is 2.34. The number of aromatic carboxylic acids is 1. The number of benzene rings is 1. The van der Waals surface area contributed by atoms with Crippen LogP contribution in [-0.2, 0) is 13.0 Å². The molecule has 1 aromatic carbocycles. The Hall–Kier alpha value is -1.62. The first kappa shape index (κ1) is 12.4. The fourth-order valence-corrected chi connectivity index (χ4v) is 2.91. The van der Waals surface area contributed by atoms with Crippen LogP contribution in [0.3, 0.4) is 0 Å². The minimum Gasteiger partial charge on any atom is -0.476 e. The standard InChI is InChI=1S/C14H13BrN2O2/c1-8-4-5-9(7-10(8)15)12-11-3-2-6-17(11)16-13(12)14(18)19/h4-5,7H,2-3,6H2,1H3,(H,18,19). The Morgan fingerprint density at radius 1 is 1.47 bits per heavy atom. The molecule has 2 aromatic rings. The van der Waals surface area contributed by atoms with Gasteiger partial charge in [-0.15, -0.1) is 0 Å². The van der Waals surface area contributed by atoms with E-state index in [1.807, 2.05) is 29.8 Å². The summed E-state index contributed by atoms with van der Waals surface area (Å²) in [6.07, 6.45) is 1.92. The minimum absolute atomic E-state index is 0.158. The summed E-state index contributed by atoms with van der Waals surface area (Å²) in [6, 6.07) is 5.92. The van der Waals surface area contributed by atoms with Gasteiger partial charge in [0.15, 0.2) is 5.69 Å². The third-order valence-corrected chi connectivity index (χ3v) is 4.36. The molecule has 4 nitrogen and oxygen atoms in total. The van der Waals surface area contributed by atoms with Gasteiger partial charge < -0.3 is 5.11 Å². The van der Waals surface area contributed by atoms with Crippen molar-refractivity contribution in [3.63, 3.8) is 0 Å². The molecule has 1 aliphatic heterocycles. The van der Waals surface area contributed by atoms with Crippen LogP contribution in [0.2, 0.25) is 0 Å². The van der Waals surface area contributed by atoms with Crippen molar-refractivity contribution in [2.45, 2.75) is 26.3 Å². The molecule has 0 atom stereocenters. The van der Waals surface area contributed by atoms with Gasteiger partial charge in [0.05, 0.1) is 0 Å². The fourth-order valence-electron chi connectivity index (χ4n) is 2.53. The number of aromatic nitrogens is 2. The predicted molar refractivity (Wildman–Crippen MR) is 75.4 cm³/mol. The smallest absolute Gasteiger partial charge is 0.357 e. The summed E-state index contributed by atoms with van der Waals surface area (Å²) in [5.41, 5.74) is 4.01. The lowest BCUT2D eigenvalue weighted by atomic mass is 10.0. The molecule has 0 aliphatic carbocycles. The van der Waals surface area contributed by atoms with E-state index in [1.54, 1.807) is 0 Å². The molecule has 1 N–H and O–H groups in total. The Balaban J connectivity index is 2.23. The zero-order valence-electron chi connectivity index (χ0n) is 10.5. The highest BCUT2D eigenvalue weighted by molar-refractivity contribution is 9.10. The highest BCUT2D eigenvalue weighted by atomic mass is 79.9. The second-order valence-corrected chi connectivity index (χ2v) is 5.62. The first-order valence-corrected chi connectivity index (χ1v) is 6.96. The summed E-state index contributed by atoms with van der Waals surface area (Å²) >= 11 is 3.50. The molecule has 98 valence electrons. The average Bonchev–Trinajstić information content (AvgIpc) is 2.92. The molecule has 1 aromatic heterocycles. The maximum atomic E-state index is 11.4. The van der Waals surface area contributed by atoms with E-state index < -0.39 is 5.97 Å². The van der Waals surface area contributed by atoms with Crippen LogP contribution in [0.5, 0.6) is 0 Å². The second kappa shape index (κ2) is 4.49. The van der Waals surface area contributed by atoms with E-state index in [0.29, 0.717) is 0 Å².